The first kappa shape index (κ1) is 14.6. The van der Waals surface area contributed by atoms with Crippen LogP contribution in [-0.4, -0.2) is 11.8 Å². The summed E-state index contributed by atoms with van der Waals surface area (Å²) in [5.74, 6) is 0.640. The summed E-state index contributed by atoms with van der Waals surface area (Å²) in [5, 5.41) is -0.185. The fourth-order valence-corrected chi connectivity index (χ4v) is 1.99. The molecule has 0 saturated heterocycles. The number of carbonyl (C=O) groups excluding carboxylic acids is 1. The maximum absolute atomic E-state index is 11.6. The monoisotopic (exact) mass is 294 g/mol. The summed E-state index contributed by atoms with van der Waals surface area (Å²) in [6, 6.07) is 6.58. The standard InChI is InChI=1S/C15H15ClO4/c1-2-3-4-7-19-11-6-5-10-8-12(14(16)17)15(18)20-13(10)9-11/h5-6,8-9H,2-4,7H2,1H3. The molecule has 106 valence electrons. The van der Waals surface area contributed by atoms with Crippen molar-refractivity contribution >= 4 is 27.8 Å². The summed E-state index contributed by atoms with van der Waals surface area (Å²) < 4.78 is 10.7. The second kappa shape index (κ2) is 6.57. The Balaban J connectivity index is 2.24. The van der Waals surface area contributed by atoms with Crippen LogP contribution in [0.5, 0.6) is 5.75 Å². The molecule has 0 N–H and O–H groups in total. The van der Waals surface area contributed by atoms with E-state index < -0.39 is 10.9 Å². The predicted molar refractivity (Wildman–Crippen MR) is 77.7 cm³/mol. The highest BCUT2D eigenvalue weighted by molar-refractivity contribution is 6.67. The van der Waals surface area contributed by atoms with Gasteiger partial charge in [-0.15, -0.1) is 0 Å². The first-order valence-corrected chi connectivity index (χ1v) is 6.90. The van der Waals surface area contributed by atoms with Crippen LogP contribution in [0.1, 0.15) is 36.5 Å². The van der Waals surface area contributed by atoms with Gasteiger partial charge < -0.3 is 9.15 Å². The molecule has 20 heavy (non-hydrogen) atoms. The topological polar surface area (TPSA) is 56.5 Å². The average Bonchev–Trinajstić information content (AvgIpc) is 2.42. The zero-order chi connectivity index (χ0) is 14.5. The molecule has 0 unspecified atom stereocenters. The molecule has 0 aliphatic carbocycles. The molecule has 4 nitrogen and oxygen atoms in total. The van der Waals surface area contributed by atoms with E-state index >= 15 is 0 Å². The maximum atomic E-state index is 11.6. The number of hydrogen-bond acceptors (Lipinski definition) is 4. The van der Waals surface area contributed by atoms with Crippen molar-refractivity contribution in [2.24, 2.45) is 0 Å². The van der Waals surface area contributed by atoms with E-state index in [2.05, 4.69) is 6.92 Å². The molecular formula is C15H15ClO4. The molecule has 1 aromatic carbocycles. The van der Waals surface area contributed by atoms with Crippen molar-refractivity contribution < 1.29 is 13.9 Å². The summed E-state index contributed by atoms with van der Waals surface area (Å²) in [6.07, 6.45) is 3.23. The molecule has 0 aliphatic rings. The molecule has 0 aliphatic heterocycles. The van der Waals surface area contributed by atoms with Gasteiger partial charge in [-0.3, -0.25) is 4.79 Å². The highest BCUT2D eigenvalue weighted by Crippen LogP contribution is 2.21. The Morgan fingerprint density at radius 2 is 2.10 bits per heavy atom. The molecule has 0 amide bonds. The third-order valence-electron chi connectivity index (χ3n) is 2.94. The van der Waals surface area contributed by atoms with E-state index in [1.165, 1.54) is 6.07 Å². The van der Waals surface area contributed by atoms with Gasteiger partial charge in [0.15, 0.2) is 0 Å². The highest BCUT2D eigenvalue weighted by Gasteiger charge is 2.11. The van der Waals surface area contributed by atoms with E-state index in [1.807, 2.05) is 0 Å². The minimum Gasteiger partial charge on any atom is -0.493 e. The van der Waals surface area contributed by atoms with E-state index in [9.17, 15) is 9.59 Å². The predicted octanol–water partition coefficient (Wildman–Crippen LogP) is 3.74. The van der Waals surface area contributed by atoms with Gasteiger partial charge in [-0.2, -0.15) is 0 Å². The van der Waals surface area contributed by atoms with Crippen LogP contribution in [0.3, 0.4) is 0 Å². The third kappa shape index (κ3) is 3.39. The zero-order valence-corrected chi connectivity index (χ0v) is 11.9. The van der Waals surface area contributed by atoms with Crippen molar-refractivity contribution in [2.45, 2.75) is 26.2 Å². The zero-order valence-electron chi connectivity index (χ0n) is 11.1. The van der Waals surface area contributed by atoms with Gasteiger partial charge in [0, 0.05) is 11.5 Å². The summed E-state index contributed by atoms with van der Waals surface area (Å²) in [6.45, 7) is 2.75. The molecule has 0 atom stereocenters. The van der Waals surface area contributed by atoms with Gasteiger partial charge in [0.1, 0.15) is 16.9 Å². The molecule has 1 aromatic heterocycles. The molecule has 0 radical (unpaired) electrons. The summed E-state index contributed by atoms with van der Waals surface area (Å²) in [7, 11) is 0. The maximum Gasteiger partial charge on any atom is 0.348 e. The quantitative estimate of drug-likeness (QED) is 0.462. The number of ether oxygens (including phenoxy) is 1. The second-order valence-corrected chi connectivity index (χ2v) is 4.82. The number of unbranched alkanes of at least 4 members (excludes halogenated alkanes) is 2. The van der Waals surface area contributed by atoms with E-state index in [0.29, 0.717) is 23.3 Å². The largest absolute Gasteiger partial charge is 0.493 e. The van der Waals surface area contributed by atoms with Gasteiger partial charge >= 0.3 is 5.63 Å². The number of hydrogen-bond donors (Lipinski definition) is 0. The Kier molecular flexibility index (Phi) is 4.79. The fraction of sp³-hybridized carbons (Fsp3) is 0.333. The van der Waals surface area contributed by atoms with Gasteiger partial charge in [-0.1, -0.05) is 19.8 Å². The smallest absolute Gasteiger partial charge is 0.348 e. The minimum atomic E-state index is -0.819. The van der Waals surface area contributed by atoms with Crippen LogP contribution in [0.25, 0.3) is 11.0 Å². The molecule has 0 bridgehead atoms. The van der Waals surface area contributed by atoms with Gasteiger partial charge in [0.05, 0.1) is 6.61 Å². The Morgan fingerprint density at radius 3 is 2.80 bits per heavy atom. The van der Waals surface area contributed by atoms with Gasteiger partial charge in [-0.05, 0) is 36.2 Å². The van der Waals surface area contributed by atoms with E-state index in [0.717, 1.165) is 19.3 Å². The van der Waals surface area contributed by atoms with Crippen molar-refractivity contribution in [1.82, 2.24) is 0 Å². The van der Waals surface area contributed by atoms with Crippen molar-refractivity contribution in [3.8, 4) is 5.75 Å². The van der Waals surface area contributed by atoms with Crippen molar-refractivity contribution in [3.05, 3.63) is 40.2 Å². The first-order valence-electron chi connectivity index (χ1n) is 6.52. The summed E-state index contributed by atoms with van der Waals surface area (Å²) >= 11 is 5.31. The Morgan fingerprint density at radius 1 is 1.30 bits per heavy atom. The Labute approximate surface area is 121 Å². The molecule has 2 aromatic rings. The highest BCUT2D eigenvalue weighted by atomic mass is 35.5. The lowest BCUT2D eigenvalue weighted by atomic mass is 10.2. The lowest BCUT2D eigenvalue weighted by Gasteiger charge is -2.06. The number of halogens is 1. The van der Waals surface area contributed by atoms with Crippen LogP contribution < -0.4 is 10.4 Å². The van der Waals surface area contributed by atoms with Crippen molar-refractivity contribution in [2.75, 3.05) is 6.61 Å². The van der Waals surface area contributed by atoms with Crippen LogP contribution in [0, 0.1) is 0 Å². The van der Waals surface area contributed by atoms with E-state index in [-0.39, 0.29) is 5.56 Å². The molecule has 0 fully saturated rings. The van der Waals surface area contributed by atoms with Crippen LogP contribution in [0.4, 0.5) is 0 Å². The van der Waals surface area contributed by atoms with Gasteiger partial charge in [0.25, 0.3) is 5.24 Å². The molecule has 1 heterocycles. The Bertz CT molecular complexity index is 675. The molecule has 0 spiro atoms. The van der Waals surface area contributed by atoms with Crippen LogP contribution >= 0.6 is 11.6 Å². The summed E-state index contributed by atoms with van der Waals surface area (Å²) in [5.41, 5.74) is -0.513. The third-order valence-corrected chi connectivity index (χ3v) is 3.14. The molecule has 5 heteroatoms. The number of carbonyl (C=O) groups is 1. The normalized spacial score (nSPS) is 10.7. The van der Waals surface area contributed by atoms with Crippen LogP contribution in [-0.2, 0) is 0 Å². The molecular weight excluding hydrogens is 280 g/mol. The first-order chi connectivity index (χ1) is 9.61. The minimum absolute atomic E-state index is 0.157. The van der Waals surface area contributed by atoms with Gasteiger partial charge in [-0.25, -0.2) is 4.79 Å². The summed E-state index contributed by atoms with van der Waals surface area (Å²) in [4.78, 5) is 22.6. The molecule has 2 rings (SSSR count). The lowest BCUT2D eigenvalue weighted by Crippen LogP contribution is -2.09. The van der Waals surface area contributed by atoms with E-state index in [1.54, 1.807) is 18.2 Å². The van der Waals surface area contributed by atoms with Gasteiger partial charge in [0.2, 0.25) is 0 Å². The average molecular weight is 295 g/mol. The van der Waals surface area contributed by atoms with Crippen LogP contribution in [0.2, 0.25) is 0 Å². The second-order valence-electron chi connectivity index (χ2n) is 4.48. The molecule has 0 saturated carbocycles. The number of benzene rings is 1. The lowest BCUT2D eigenvalue weighted by molar-refractivity contribution is 0.107. The number of rotatable bonds is 6. The SMILES string of the molecule is CCCCCOc1ccc2cc(C(=O)Cl)c(=O)oc2c1. The number of fused-ring (bicyclic) bond motifs is 1. The van der Waals surface area contributed by atoms with E-state index in [4.69, 9.17) is 20.8 Å². The fourth-order valence-electron chi connectivity index (χ4n) is 1.86. The van der Waals surface area contributed by atoms with Crippen molar-refractivity contribution in [1.29, 1.82) is 0 Å². The van der Waals surface area contributed by atoms with Crippen molar-refractivity contribution in [3.63, 3.8) is 0 Å². The Hall–Kier alpha value is -1.81. The van der Waals surface area contributed by atoms with Crippen LogP contribution in [0.15, 0.2) is 33.5 Å².